The Balaban J connectivity index is 0.000000303. The Labute approximate surface area is 218 Å². The Hall–Kier alpha value is -4.08. The molecule has 15 heteroatoms. The van der Waals surface area contributed by atoms with Gasteiger partial charge in [0, 0.05) is 36.1 Å². The average Bonchev–Trinajstić information content (AvgIpc) is 3.54. The third kappa shape index (κ3) is 6.32. The molecule has 0 saturated carbocycles. The van der Waals surface area contributed by atoms with E-state index in [9.17, 15) is 22.8 Å². The van der Waals surface area contributed by atoms with Crippen LogP contribution in [0.4, 0.5) is 13.2 Å². The number of hydrogen-bond donors (Lipinski definition) is 5. The zero-order valence-electron chi connectivity index (χ0n) is 20.3. The smallest absolute Gasteiger partial charge is 0.433 e. The third-order valence-corrected chi connectivity index (χ3v) is 6.36. The predicted molar refractivity (Wildman–Crippen MR) is 129 cm³/mol. The van der Waals surface area contributed by atoms with Crippen LogP contribution in [0.25, 0.3) is 16.7 Å². The minimum Gasteiger partial charge on any atom is -0.479 e. The van der Waals surface area contributed by atoms with Gasteiger partial charge >= 0.3 is 18.1 Å². The van der Waals surface area contributed by atoms with Gasteiger partial charge in [0.05, 0.1) is 5.69 Å². The van der Waals surface area contributed by atoms with Gasteiger partial charge in [-0.05, 0) is 37.1 Å². The second-order valence-corrected chi connectivity index (χ2v) is 9.04. The Bertz CT molecular complexity index is 1450. The summed E-state index contributed by atoms with van der Waals surface area (Å²) in [4.78, 5) is 33.4. The van der Waals surface area contributed by atoms with Crippen LogP contribution in [0.1, 0.15) is 35.7 Å². The summed E-state index contributed by atoms with van der Waals surface area (Å²) in [6.07, 6.45) is -4.22. The van der Waals surface area contributed by atoms with Gasteiger partial charge in [-0.15, -0.1) is 0 Å². The van der Waals surface area contributed by atoms with E-state index in [-0.39, 0.29) is 11.7 Å². The number of nitrogens with one attached hydrogen (secondary N) is 1. The summed E-state index contributed by atoms with van der Waals surface area (Å²) in [5, 5.41) is 37.4. The van der Waals surface area contributed by atoms with Crippen molar-refractivity contribution in [3.63, 3.8) is 0 Å². The van der Waals surface area contributed by atoms with Crippen molar-refractivity contribution in [1.82, 2.24) is 29.5 Å². The van der Waals surface area contributed by atoms with Crippen molar-refractivity contribution in [1.29, 1.82) is 0 Å². The lowest BCUT2D eigenvalue weighted by Gasteiger charge is -2.32. The lowest BCUT2D eigenvalue weighted by atomic mass is 9.93. The van der Waals surface area contributed by atoms with Crippen LogP contribution in [-0.4, -0.2) is 87.1 Å². The molecule has 208 valence electrons. The molecule has 5 N–H and O–H groups in total. The van der Waals surface area contributed by atoms with Gasteiger partial charge in [0.25, 0.3) is 5.78 Å². The van der Waals surface area contributed by atoms with Gasteiger partial charge in [-0.1, -0.05) is 18.2 Å². The molecule has 3 atom stereocenters. The first kappa shape index (κ1) is 27.9. The number of aliphatic hydroxyl groups excluding tert-OH is 2. The summed E-state index contributed by atoms with van der Waals surface area (Å²) < 4.78 is 41.2. The van der Waals surface area contributed by atoms with E-state index in [0.29, 0.717) is 12.2 Å². The van der Waals surface area contributed by atoms with E-state index < -0.39 is 36.0 Å². The summed E-state index contributed by atoms with van der Waals surface area (Å²) in [5.74, 6) is -3.62. The number of carboxylic acids is 2. The second kappa shape index (κ2) is 11.3. The number of aliphatic carboxylic acids is 2. The fourth-order valence-corrected chi connectivity index (χ4v) is 4.46. The molecule has 39 heavy (non-hydrogen) atoms. The molecular weight excluding hydrogens is 525 g/mol. The quantitative estimate of drug-likeness (QED) is 0.238. The SMILES string of the molecule is FC(F)(F)c1cc(C2CCCN(Cc3c[nH]c4ccccc34)C2)nc2ncnn12.O=C(O)C(O)C(O)C(=O)O. The van der Waals surface area contributed by atoms with Crippen molar-refractivity contribution in [2.75, 3.05) is 13.1 Å². The Morgan fingerprint density at radius 1 is 1.13 bits per heavy atom. The maximum atomic E-state index is 13.5. The zero-order valence-corrected chi connectivity index (χ0v) is 20.3. The number of aromatic amines is 1. The van der Waals surface area contributed by atoms with Gasteiger partial charge in [-0.3, -0.25) is 4.90 Å². The highest BCUT2D eigenvalue weighted by Crippen LogP contribution is 2.33. The largest absolute Gasteiger partial charge is 0.479 e. The molecule has 0 radical (unpaired) electrons. The number of hydrogen-bond acceptors (Lipinski definition) is 8. The van der Waals surface area contributed by atoms with Gasteiger partial charge in [0.15, 0.2) is 17.9 Å². The fraction of sp³-hybridized carbons (Fsp3) is 0.375. The number of likely N-dealkylation sites (tertiary alicyclic amines) is 1. The van der Waals surface area contributed by atoms with Crippen LogP contribution in [0.2, 0.25) is 0 Å². The second-order valence-electron chi connectivity index (χ2n) is 9.04. The van der Waals surface area contributed by atoms with Gasteiger partial charge in [-0.25, -0.2) is 14.6 Å². The number of alkyl halides is 3. The van der Waals surface area contributed by atoms with Crippen molar-refractivity contribution in [2.24, 2.45) is 0 Å². The molecule has 0 amide bonds. The van der Waals surface area contributed by atoms with E-state index in [1.165, 1.54) is 10.9 Å². The van der Waals surface area contributed by atoms with Crippen LogP contribution in [0.5, 0.6) is 0 Å². The summed E-state index contributed by atoms with van der Waals surface area (Å²) >= 11 is 0. The van der Waals surface area contributed by atoms with Crippen LogP contribution in [0.3, 0.4) is 0 Å². The van der Waals surface area contributed by atoms with E-state index in [1.54, 1.807) is 0 Å². The molecule has 1 aliphatic heterocycles. The molecule has 12 nitrogen and oxygen atoms in total. The topological polar surface area (TPSA) is 177 Å². The Morgan fingerprint density at radius 2 is 1.82 bits per heavy atom. The lowest BCUT2D eigenvalue weighted by Crippen LogP contribution is -2.39. The van der Waals surface area contributed by atoms with Crippen molar-refractivity contribution in [3.05, 3.63) is 59.8 Å². The normalized spacial score (nSPS) is 17.9. The molecule has 1 aromatic carbocycles. The monoisotopic (exact) mass is 550 g/mol. The standard InChI is InChI=1S/C20H19F3N6.C4H6O6/c21-20(22,23)18-8-17(27-19-25-12-26-29(18)19)13-4-3-7-28(10-13)11-14-9-24-16-6-2-1-5-15(14)16;5-1(3(7)8)2(6)4(9)10/h1-2,5-6,8-9,12-13,24H,3-4,7,10-11H2;1-2,5-6H,(H,7,8)(H,9,10). The maximum Gasteiger partial charge on any atom is 0.433 e. The minimum absolute atomic E-state index is 0.0106. The molecule has 1 aliphatic rings. The van der Waals surface area contributed by atoms with E-state index in [1.807, 2.05) is 24.4 Å². The summed E-state index contributed by atoms with van der Waals surface area (Å²) in [6, 6.07) is 9.24. The van der Waals surface area contributed by atoms with Crippen LogP contribution < -0.4 is 0 Å². The summed E-state index contributed by atoms with van der Waals surface area (Å²) in [6.45, 7) is 2.32. The highest BCUT2D eigenvalue weighted by molar-refractivity contribution is 5.83. The first-order valence-electron chi connectivity index (χ1n) is 11.8. The lowest BCUT2D eigenvalue weighted by molar-refractivity contribution is -0.165. The number of H-pyrrole nitrogens is 1. The van der Waals surface area contributed by atoms with Gasteiger partial charge in [0.2, 0.25) is 0 Å². The predicted octanol–water partition coefficient (Wildman–Crippen LogP) is 1.88. The number of benzene rings is 1. The number of para-hydroxylation sites is 1. The van der Waals surface area contributed by atoms with Crippen LogP contribution in [0, 0.1) is 0 Å². The van der Waals surface area contributed by atoms with Gasteiger partial charge < -0.3 is 25.4 Å². The van der Waals surface area contributed by atoms with Crippen LogP contribution >= 0.6 is 0 Å². The van der Waals surface area contributed by atoms with E-state index in [2.05, 4.69) is 31.0 Å². The molecule has 4 aromatic rings. The molecule has 1 saturated heterocycles. The number of halogens is 3. The van der Waals surface area contributed by atoms with Crippen molar-refractivity contribution < 1.29 is 43.2 Å². The molecule has 0 aliphatic carbocycles. The Morgan fingerprint density at radius 3 is 2.49 bits per heavy atom. The number of aliphatic hydroxyl groups is 2. The Kier molecular flexibility index (Phi) is 8.13. The molecule has 0 bridgehead atoms. The molecule has 5 rings (SSSR count). The van der Waals surface area contributed by atoms with Crippen molar-refractivity contribution >= 4 is 28.6 Å². The molecule has 1 fully saturated rings. The zero-order chi connectivity index (χ0) is 28.3. The van der Waals surface area contributed by atoms with Gasteiger partial charge in [0.1, 0.15) is 6.33 Å². The number of nitrogens with zero attached hydrogens (tertiary/aromatic N) is 5. The number of piperidine rings is 1. The number of aromatic nitrogens is 5. The van der Waals surface area contributed by atoms with Crippen LogP contribution in [-0.2, 0) is 22.3 Å². The first-order chi connectivity index (χ1) is 18.5. The fourth-order valence-electron chi connectivity index (χ4n) is 4.46. The van der Waals surface area contributed by atoms with Crippen molar-refractivity contribution in [2.45, 2.75) is 43.7 Å². The van der Waals surface area contributed by atoms with Crippen molar-refractivity contribution in [3.8, 4) is 0 Å². The number of rotatable bonds is 6. The minimum atomic E-state index is -4.51. The molecular formula is C24H25F3N6O6. The summed E-state index contributed by atoms with van der Waals surface area (Å²) in [5.41, 5.74) is 1.88. The number of carbonyl (C=O) groups is 2. The summed E-state index contributed by atoms with van der Waals surface area (Å²) in [7, 11) is 0. The first-order valence-corrected chi connectivity index (χ1v) is 11.8. The highest BCUT2D eigenvalue weighted by atomic mass is 19.4. The molecule has 3 aromatic heterocycles. The number of fused-ring (bicyclic) bond motifs is 2. The van der Waals surface area contributed by atoms with E-state index >= 15 is 0 Å². The maximum absolute atomic E-state index is 13.5. The van der Waals surface area contributed by atoms with Crippen LogP contribution in [0.15, 0.2) is 42.9 Å². The van der Waals surface area contributed by atoms with E-state index in [0.717, 1.165) is 48.4 Å². The highest BCUT2D eigenvalue weighted by Gasteiger charge is 2.36. The third-order valence-electron chi connectivity index (χ3n) is 6.36. The van der Waals surface area contributed by atoms with Gasteiger partial charge in [-0.2, -0.15) is 27.8 Å². The number of carboxylic acid groups (broad SMARTS) is 2. The molecule has 4 heterocycles. The molecule has 0 spiro atoms. The average molecular weight is 550 g/mol. The molecule has 3 unspecified atom stereocenters. The van der Waals surface area contributed by atoms with E-state index in [4.69, 9.17) is 20.4 Å².